The maximum Gasteiger partial charge on any atom is 0.161 e. The van der Waals surface area contributed by atoms with Crippen LogP contribution in [0.5, 0.6) is 0 Å². The van der Waals surface area contributed by atoms with E-state index in [1.165, 1.54) is 5.39 Å². The quantitative estimate of drug-likeness (QED) is 0.625. The second kappa shape index (κ2) is 5.82. The summed E-state index contributed by atoms with van der Waals surface area (Å²) in [6.07, 6.45) is 0.903. The number of nitrogens with zero attached hydrogens (tertiary/aromatic N) is 2. The molecule has 0 unspecified atom stereocenters. The van der Waals surface area contributed by atoms with Gasteiger partial charge in [-0.15, -0.1) is 0 Å². The Morgan fingerprint density at radius 1 is 1.00 bits per heavy atom. The topological polar surface area (TPSA) is 25.8 Å². The largest absolute Gasteiger partial charge is 0.233 e. The Hall–Kier alpha value is -1.93. The summed E-state index contributed by atoms with van der Waals surface area (Å²) in [4.78, 5) is 9.11. The van der Waals surface area contributed by atoms with E-state index in [9.17, 15) is 0 Å². The summed E-state index contributed by atoms with van der Waals surface area (Å²) in [6.45, 7) is 4.35. The van der Waals surface area contributed by atoms with Crippen LogP contribution in [-0.4, -0.2) is 9.97 Å². The van der Waals surface area contributed by atoms with Crippen molar-refractivity contribution in [3.05, 3.63) is 59.4 Å². The first kappa shape index (κ1) is 14.0. The van der Waals surface area contributed by atoms with Crippen LogP contribution >= 0.6 is 11.6 Å². The van der Waals surface area contributed by atoms with Gasteiger partial charge < -0.3 is 0 Å². The molecule has 0 atom stereocenters. The van der Waals surface area contributed by atoms with E-state index < -0.39 is 0 Å². The molecule has 1 heterocycles. The lowest BCUT2D eigenvalue weighted by molar-refractivity contribution is 0.634. The van der Waals surface area contributed by atoms with E-state index in [0.717, 1.165) is 23.1 Å². The zero-order chi connectivity index (χ0) is 14.8. The van der Waals surface area contributed by atoms with Gasteiger partial charge >= 0.3 is 0 Å². The predicted octanol–water partition coefficient (Wildman–Crippen LogP) is 5.15. The van der Waals surface area contributed by atoms with Crippen molar-refractivity contribution in [3.63, 3.8) is 0 Å². The molecule has 2 nitrogen and oxygen atoms in total. The summed E-state index contributed by atoms with van der Waals surface area (Å²) in [6, 6.07) is 16.3. The Morgan fingerprint density at radius 3 is 2.57 bits per heavy atom. The molecule has 0 aliphatic carbocycles. The van der Waals surface area contributed by atoms with Crippen LogP contribution in [-0.2, 0) is 6.42 Å². The van der Waals surface area contributed by atoms with E-state index in [0.29, 0.717) is 16.9 Å². The maximum atomic E-state index is 6.18. The fourth-order valence-electron chi connectivity index (χ4n) is 2.53. The van der Waals surface area contributed by atoms with E-state index in [1.54, 1.807) is 0 Å². The first-order valence-electron chi connectivity index (χ1n) is 7.15. The molecule has 3 rings (SSSR count). The number of halogens is 1. The van der Waals surface area contributed by atoms with Crippen molar-refractivity contribution < 1.29 is 0 Å². The molecular weight excluding hydrogens is 280 g/mol. The van der Waals surface area contributed by atoms with Crippen LogP contribution in [0.3, 0.4) is 0 Å². The van der Waals surface area contributed by atoms with Crippen molar-refractivity contribution in [1.82, 2.24) is 9.97 Å². The van der Waals surface area contributed by atoms with Crippen LogP contribution in [0, 0.1) is 5.92 Å². The molecular formula is C18H17ClN2. The second-order valence-corrected chi connectivity index (χ2v) is 6.02. The molecule has 0 aliphatic rings. The van der Waals surface area contributed by atoms with Gasteiger partial charge in [-0.25, -0.2) is 9.97 Å². The van der Waals surface area contributed by atoms with Crippen molar-refractivity contribution in [2.75, 3.05) is 0 Å². The van der Waals surface area contributed by atoms with Crippen molar-refractivity contribution in [3.8, 4) is 11.4 Å². The lowest BCUT2D eigenvalue weighted by Crippen LogP contribution is -2.01. The van der Waals surface area contributed by atoms with Gasteiger partial charge in [-0.05, 0) is 29.2 Å². The van der Waals surface area contributed by atoms with Crippen LogP contribution in [0.15, 0.2) is 48.5 Å². The molecule has 0 N–H and O–H groups in total. The summed E-state index contributed by atoms with van der Waals surface area (Å²) in [5.74, 6) is 1.24. The monoisotopic (exact) mass is 296 g/mol. The van der Waals surface area contributed by atoms with E-state index in [1.807, 2.05) is 30.3 Å². The Morgan fingerprint density at radius 2 is 1.76 bits per heavy atom. The van der Waals surface area contributed by atoms with Gasteiger partial charge in [0, 0.05) is 11.3 Å². The van der Waals surface area contributed by atoms with E-state index >= 15 is 0 Å². The molecule has 0 radical (unpaired) electrons. The fourth-order valence-corrected chi connectivity index (χ4v) is 2.73. The molecule has 0 spiro atoms. The summed E-state index contributed by atoms with van der Waals surface area (Å²) >= 11 is 6.18. The number of benzene rings is 2. The summed E-state index contributed by atoms with van der Waals surface area (Å²) in [5.41, 5.74) is 2.02. The summed E-state index contributed by atoms with van der Waals surface area (Å²) in [7, 11) is 0. The number of fused-ring (bicyclic) bond motifs is 1. The molecule has 0 aliphatic heterocycles. The number of rotatable bonds is 3. The first-order chi connectivity index (χ1) is 10.1. The number of hydrogen-bond acceptors (Lipinski definition) is 2. The summed E-state index contributed by atoms with van der Waals surface area (Å²) in [5, 5.41) is 2.84. The van der Waals surface area contributed by atoms with Gasteiger partial charge in [0.15, 0.2) is 5.82 Å². The maximum absolute atomic E-state index is 6.18. The lowest BCUT2D eigenvalue weighted by atomic mass is 10.0. The minimum atomic E-state index is 0.503. The highest BCUT2D eigenvalue weighted by molar-refractivity contribution is 6.29. The SMILES string of the molecule is CC(C)Cc1cc(Cl)nc(-c2cccc3ccccc23)n1. The zero-order valence-electron chi connectivity index (χ0n) is 12.2. The van der Waals surface area contributed by atoms with Gasteiger partial charge in [0.25, 0.3) is 0 Å². The average Bonchev–Trinajstić information content (AvgIpc) is 2.45. The van der Waals surface area contributed by atoms with Gasteiger partial charge in [-0.1, -0.05) is 67.9 Å². The molecule has 3 heteroatoms. The van der Waals surface area contributed by atoms with Crippen LogP contribution < -0.4 is 0 Å². The molecule has 0 amide bonds. The molecule has 106 valence electrons. The highest BCUT2D eigenvalue weighted by atomic mass is 35.5. The Balaban J connectivity index is 2.16. The van der Waals surface area contributed by atoms with Crippen molar-refractivity contribution in [2.24, 2.45) is 5.92 Å². The molecule has 1 aromatic heterocycles. The van der Waals surface area contributed by atoms with Gasteiger partial charge in [0.2, 0.25) is 0 Å². The predicted molar refractivity (Wildman–Crippen MR) is 88.5 cm³/mol. The van der Waals surface area contributed by atoms with Crippen LogP contribution in [0.1, 0.15) is 19.5 Å². The molecule has 0 bridgehead atoms. The molecule has 2 aromatic carbocycles. The van der Waals surface area contributed by atoms with Gasteiger partial charge in [0.05, 0.1) is 0 Å². The van der Waals surface area contributed by atoms with Crippen molar-refractivity contribution >= 4 is 22.4 Å². The Kier molecular flexibility index (Phi) is 3.89. The minimum absolute atomic E-state index is 0.503. The average molecular weight is 297 g/mol. The molecule has 0 saturated carbocycles. The van der Waals surface area contributed by atoms with Crippen molar-refractivity contribution in [1.29, 1.82) is 0 Å². The molecule has 0 fully saturated rings. The highest BCUT2D eigenvalue weighted by Crippen LogP contribution is 2.27. The Labute approximate surface area is 129 Å². The van der Waals surface area contributed by atoms with E-state index in [4.69, 9.17) is 16.6 Å². The third-order valence-electron chi connectivity index (χ3n) is 3.40. The third kappa shape index (κ3) is 3.06. The second-order valence-electron chi connectivity index (χ2n) is 5.63. The van der Waals surface area contributed by atoms with Gasteiger partial charge in [0.1, 0.15) is 5.15 Å². The standard InChI is InChI=1S/C18H17ClN2/c1-12(2)10-14-11-17(19)21-18(20-14)16-9-5-7-13-6-3-4-8-15(13)16/h3-9,11-12H,10H2,1-2H3. The van der Waals surface area contributed by atoms with Crippen LogP contribution in [0.4, 0.5) is 0 Å². The smallest absolute Gasteiger partial charge is 0.161 e. The molecule has 0 saturated heterocycles. The lowest BCUT2D eigenvalue weighted by Gasteiger charge is -2.09. The Bertz CT molecular complexity index is 776. The van der Waals surface area contributed by atoms with Crippen LogP contribution in [0.2, 0.25) is 5.15 Å². The first-order valence-corrected chi connectivity index (χ1v) is 7.53. The fraction of sp³-hybridized carbons (Fsp3) is 0.222. The highest BCUT2D eigenvalue weighted by Gasteiger charge is 2.10. The molecule has 3 aromatic rings. The van der Waals surface area contributed by atoms with Crippen LogP contribution in [0.25, 0.3) is 22.2 Å². The normalized spacial score (nSPS) is 11.2. The summed E-state index contributed by atoms with van der Waals surface area (Å²) < 4.78 is 0. The number of hydrogen-bond donors (Lipinski definition) is 0. The number of aromatic nitrogens is 2. The van der Waals surface area contributed by atoms with Gasteiger partial charge in [-0.3, -0.25) is 0 Å². The third-order valence-corrected chi connectivity index (χ3v) is 3.59. The molecule has 21 heavy (non-hydrogen) atoms. The van der Waals surface area contributed by atoms with E-state index in [-0.39, 0.29) is 0 Å². The zero-order valence-corrected chi connectivity index (χ0v) is 12.9. The van der Waals surface area contributed by atoms with Gasteiger partial charge in [-0.2, -0.15) is 0 Å². The van der Waals surface area contributed by atoms with Crippen molar-refractivity contribution in [2.45, 2.75) is 20.3 Å². The van der Waals surface area contributed by atoms with E-state index in [2.05, 4.69) is 37.0 Å². The minimum Gasteiger partial charge on any atom is -0.233 e.